The Balaban J connectivity index is 2.98. The average molecular weight is 377 g/mol. The largest absolute Gasteiger partial charge is 0.313 e. The van der Waals surface area contributed by atoms with E-state index in [0.717, 1.165) is 31.5 Å². The normalized spacial score (nSPS) is 13.6. The van der Waals surface area contributed by atoms with Gasteiger partial charge in [0.1, 0.15) is 0 Å². The Morgan fingerprint density at radius 1 is 1.33 bits per heavy atom. The molecule has 0 aliphatic carbocycles. The Bertz CT molecular complexity index is 561. The van der Waals surface area contributed by atoms with Crippen LogP contribution in [0.15, 0.2) is 27.6 Å². The standard InChI is InChI=1S/C15H25BrN2O2S/c1-5-9-17-11-13-7-8-15(14(16)10-13)21(19,20)18(4)12(3)6-2/h7-8,10,12,17H,5-6,9,11H2,1-4H3. The van der Waals surface area contributed by atoms with Crippen LogP contribution >= 0.6 is 15.9 Å². The summed E-state index contributed by atoms with van der Waals surface area (Å²) in [5.74, 6) is 0. The third-order valence-electron chi connectivity index (χ3n) is 3.62. The van der Waals surface area contributed by atoms with Gasteiger partial charge in [0.2, 0.25) is 10.0 Å². The molecule has 0 saturated heterocycles. The number of benzene rings is 1. The molecule has 1 aromatic carbocycles. The summed E-state index contributed by atoms with van der Waals surface area (Å²) >= 11 is 3.40. The summed E-state index contributed by atoms with van der Waals surface area (Å²) in [7, 11) is -1.83. The van der Waals surface area contributed by atoms with Gasteiger partial charge in [0.25, 0.3) is 0 Å². The number of rotatable bonds is 8. The molecule has 0 spiro atoms. The molecule has 1 atom stereocenters. The molecule has 0 aliphatic heterocycles. The molecule has 0 fully saturated rings. The lowest BCUT2D eigenvalue weighted by molar-refractivity contribution is 0.380. The van der Waals surface area contributed by atoms with E-state index >= 15 is 0 Å². The summed E-state index contributed by atoms with van der Waals surface area (Å²) in [5, 5.41) is 3.31. The molecule has 0 aliphatic rings. The monoisotopic (exact) mass is 376 g/mol. The average Bonchev–Trinajstić information content (AvgIpc) is 2.45. The van der Waals surface area contributed by atoms with Gasteiger partial charge in [0.05, 0.1) is 4.90 Å². The van der Waals surface area contributed by atoms with Gasteiger partial charge in [-0.05, 0) is 59.9 Å². The van der Waals surface area contributed by atoms with Crippen LogP contribution in [0.2, 0.25) is 0 Å². The Labute approximate surface area is 137 Å². The molecule has 0 radical (unpaired) electrons. The van der Waals surface area contributed by atoms with Crippen LogP contribution in [0.25, 0.3) is 0 Å². The molecule has 0 saturated carbocycles. The van der Waals surface area contributed by atoms with Gasteiger partial charge in [-0.3, -0.25) is 0 Å². The van der Waals surface area contributed by atoms with E-state index in [2.05, 4.69) is 28.2 Å². The molecule has 0 bridgehead atoms. The smallest absolute Gasteiger partial charge is 0.244 e. The maximum atomic E-state index is 12.6. The molecule has 0 aromatic heterocycles. The van der Waals surface area contributed by atoms with E-state index in [9.17, 15) is 8.42 Å². The van der Waals surface area contributed by atoms with E-state index < -0.39 is 10.0 Å². The molecule has 21 heavy (non-hydrogen) atoms. The van der Waals surface area contributed by atoms with Gasteiger partial charge >= 0.3 is 0 Å². The molecule has 1 unspecified atom stereocenters. The molecule has 4 nitrogen and oxygen atoms in total. The molecule has 1 aromatic rings. The van der Waals surface area contributed by atoms with E-state index in [1.54, 1.807) is 13.1 Å². The summed E-state index contributed by atoms with van der Waals surface area (Å²) in [5.41, 5.74) is 1.07. The highest BCUT2D eigenvalue weighted by atomic mass is 79.9. The topological polar surface area (TPSA) is 49.4 Å². The first-order chi connectivity index (χ1) is 9.84. The number of sulfonamides is 1. The zero-order valence-electron chi connectivity index (χ0n) is 13.2. The third kappa shape index (κ3) is 4.77. The number of halogens is 1. The van der Waals surface area contributed by atoms with Crippen molar-refractivity contribution in [2.75, 3.05) is 13.6 Å². The lowest BCUT2D eigenvalue weighted by Gasteiger charge is -2.24. The van der Waals surface area contributed by atoms with Gasteiger partial charge in [-0.1, -0.05) is 19.9 Å². The molecule has 120 valence electrons. The van der Waals surface area contributed by atoms with E-state index in [1.165, 1.54) is 4.31 Å². The highest BCUT2D eigenvalue weighted by Crippen LogP contribution is 2.27. The zero-order valence-corrected chi connectivity index (χ0v) is 15.6. The minimum absolute atomic E-state index is 0.0206. The predicted octanol–water partition coefficient (Wildman–Crippen LogP) is 3.37. The van der Waals surface area contributed by atoms with Crippen LogP contribution < -0.4 is 5.32 Å². The number of nitrogens with one attached hydrogen (secondary N) is 1. The molecule has 6 heteroatoms. The van der Waals surface area contributed by atoms with Crippen LogP contribution in [0.4, 0.5) is 0 Å². The summed E-state index contributed by atoms with van der Waals surface area (Å²) < 4.78 is 27.3. The second kappa shape index (κ2) is 8.27. The minimum atomic E-state index is -3.46. The van der Waals surface area contributed by atoms with E-state index in [1.807, 2.05) is 26.0 Å². The molecule has 0 heterocycles. The quantitative estimate of drug-likeness (QED) is 0.707. The van der Waals surface area contributed by atoms with Crippen molar-refractivity contribution in [1.82, 2.24) is 9.62 Å². The lowest BCUT2D eigenvalue weighted by Crippen LogP contribution is -2.34. The Morgan fingerprint density at radius 2 is 2.00 bits per heavy atom. The Hall–Kier alpha value is -0.430. The van der Waals surface area contributed by atoms with Crippen molar-refractivity contribution in [2.24, 2.45) is 0 Å². The second-order valence-electron chi connectivity index (χ2n) is 5.22. The Morgan fingerprint density at radius 3 is 2.52 bits per heavy atom. The first-order valence-corrected chi connectivity index (χ1v) is 9.55. The fourth-order valence-electron chi connectivity index (χ4n) is 1.92. The fraction of sp³-hybridized carbons (Fsp3) is 0.600. The first-order valence-electron chi connectivity index (χ1n) is 7.31. The van der Waals surface area contributed by atoms with Crippen molar-refractivity contribution < 1.29 is 8.42 Å². The van der Waals surface area contributed by atoms with Crippen LogP contribution in [0.1, 0.15) is 39.2 Å². The molecule has 1 rings (SSSR count). The van der Waals surface area contributed by atoms with Crippen LogP contribution in [-0.4, -0.2) is 32.4 Å². The van der Waals surface area contributed by atoms with E-state index in [0.29, 0.717) is 9.37 Å². The summed E-state index contributed by atoms with van der Waals surface area (Å²) in [6, 6.07) is 5.40. The van der Waals surface area contributed by atoms with Crippen molar-refractivity contribution >= 4 is 26.0 Å². The van der Waals surface area contributed by atoms with Gasteiger partial charge in [-0.25, -0.2) is 8.42 Å². The number of hydrogen-bond acceptors (Lipinski definition) is 3. The van der Waals surface area contributed by atoms with Crippen LogP contribution in [-0.2, 0) is 16.6 Å². The SMILES string of the molecule is CCCNCc1ccc(S(=O)(=O)N(C)C(C)CC)c(Br)c1. The minimum Gasteiger partial charge on any atom is -0.313 e. The number of nitrogens with zero attached hydrogens (tertiary/aromatic N) is 1. The van der Waals surface area contributed by atoms with Gasteiger partial charge in [-0.15, -0.1) is 0 Å². The van der Waals surface area contributed by atoms with Crippen molar-refractivity contribution in [3.05, 3.63) is 28.2 Å². The number of hydrogen-bond donors (Lipinski definition) is 1. The molecule has 0 amide bonds. The van der Waals surface area contributed by atoms with Crippen molar-refractivity contribution in [3.8, 4) is 0 Å². The summed E-state index contributed by atoms with van der Waals surface area (Å²) in [6.07, 6.45) is 1.86. The molecular weight excluding hydrogens is 352 g/mol. The van der Waals surface area contributed by atoms with Crippen molar-refractivity contribution in [2.45, 2.75) is 51.1 Å². The summed E-state index contributed by atoms with van der Waals surface area (Å²) in [4.78, 5) is 0.324. The molecular formula is C15H25BrN2O2S. The van der Waals surface area contributed by atoms with Crippen LogP contribution in [0.5, 0.6) is 0 Å². The van der Waals surface area contributed by atoms with Crippen molar-refractivity contribution in [1.29, 1.82) is 0 Å². The lowest BCUT2D eigenvalue weighted by atomic mass is 10.2. The van der Waals surface area contributed by atoms with Gasteiger partial charge < -0.3 is 5.32 Å². The van der Waals surface area contributed by atoms with Gasteiger partial charge in [0, 0.05) is 24.1 Å². The van der Waals surface area contributed by atoms with Gasteiger partial charge in [-0.2, -0.15) is 4.31 Å². The summed E-state index contributed by atoms with van der Waals surface area (Å²) in [6.45, 7) is 7.70. The maximum Gasteiger partial charge on any atom is 0.244 e. The Kier molecular flexibility index (Phi) is 7.33. The maximum absolute atomic E-state index is 12.6. The van der Waals surface area contributed by atoms with Crippen LogP contribution in [0, 0.1) is 0 Å². The van der Waals surface area contributed by atoms with Crippen LogP contribution in [0.3, 0.4) is 0 Å². The van der Waals surface area contributed by atoms with Gasteiger partial charge in [0.15, 0.2) is 0 Å². The highest BCUT2D eigenvalue weighted by molar-refractivity contribution is 9.10. The third-order valence-corrected chi connectivity index (χ3v) is 6.57. The second-order valence-corrected chi connectivity index (χ2v) is 8.04. The van der Waals surface area contributed by atoms with E-state index in [4.69, 9.17) is 0 Å². The fourth-order valence-corrected chi connectivity index (χ4v) is 4.44. The highest BCUT2D eigenvalue weighted by Gasteiger charge is 2.26. The zero-order chi connectivity index (χ0) is 16.0. The molecule has 1 N–H and O–H groups in total. The first kappa shape index (κ1) is 18.6. The van der Waals surface area contributed by atoms with Crippen molar-refractivity contribution in [3.63, 3.8) is 0 Å². The van der Waals surface area contributed by atoms with E-state index in [-0.39, 0.29) is 6.04 Å². The predicted molar refractivity (Wildman–Crippen MR) is 90.8 cm³/mol.